The summed E-state index contributed by atoms with van der Waals surface area (Å²) in [6, 6.07) is 8.21. The first kappa shape index (κ1) is 19.5. The summed E-state index contributed by atoms with van der Waals surface area (Å²) in [4.78, 5) is 34.9. The van der Waals surface area contributed by atoms with Crippen molar-refractivity contribution in [1.29, 1.82) is 0 Å². The molecule has 0 bridgehead atoms. The Morgan fingerprint density at radius 1 is 1.06 bits per heavy atom. The van der Waals surface area contributed by atoms with Crippen LogP contribution in [0.3, 0.4) is 0 Å². The highest BCUT2D eigenvalue weighted by atomic mass is 19.1. The number of hydrogen-bond acceptors (Lipinski definition) is 6. The number of aryl methyl sites for hydroxylation is 2. The molecule has 2 aliphatic heterocycles. The van der Waals surface area contributed by atoms with Gasteiger partial charge in [0.1, 0.15) is 5.82 Å². The van der Waals surface area contributed by atoms with E-state index in [0.717, 1.165) is 24.4 Å². The van der Waals surface area contributed by atoms with Crippen molar-refractivity contribution in [2.45, 2.75) is 26.3 Å². The topological polar surface area (TPSA) is 75.1 Å². The molecule has 2 saturated heterocycles. The van der Waals surface area contributed by atoms with E-state index in [2.05, 4.69) is 24.8 Å². The van der Waals surface area contributed by atoms with E-state index < -0.39 is 5.82 Å². The second-order valence-electron chi connectivity index (χ2n) is 8.21. The van der Waals surface area contributed by atoms with Crippen molar-refractivity contribution in [2.75, 3.05) is 24.5 Å². The standard InChI is InChI=1S/C23H23FN6O/c1-14-11-15(2)28-23(27-14)29-10-7-16-12-30(19(16)13-29)22(31)17-5-3-6-18(24)20(17)21-25-8-4-9-26-21/h3-6,8-9,11,16,19H,7,10,12-13H2,1-2H3/t16-,19-/m1/s1. The lowest BCUT2D eigenvalue weighted by Gasteiger charge is -2.53. The minimum atomic E-state index is -0.497. The summed E-state index contributed by atoms with van der Waals surface area (Å²) >= 11 is 0. The second-order valence-corrected chi connectivity index (χ2v) is 8.21. The smallest absolute Gasteiger partial charge is 0.255 e. The van der Waals surface area contributed by atoms with Crippen molar-refractivity contribution in [1.82, 2.24) is 24.8 Å². The van der Waals surface area contributed by atoms with Gasteiger partial charge in [-0.3, -0.25) is 4.79 Å². The highest BCUT2D eigenvalue weighted by Gasteiger charge is 2.46. The Morgan fingerprint density at radius 3 is 2.55 bits per heavy atom. The lowest BCUT2D eigenvalue weighted by molar-refractivity contribution is 0.00771. The fraction of sp³-hybridized carbons (Fsp3) is 0.348. The fourth-order valence-electron chi connectivity index (χ4n) is 4.57. The molecule has 2 atom stereocenters. The molecule has 4 heterocycles. The highest BCUT2D eigenvalue weighted by molar-refractivity contribution is 6.01. The molecule has 3 aromatic rings. The average Bonchev–Trinajstić information content (AvgIpc) is 2.74. The third kappa shape index (κ3) is 3.52. The number of benzene rings is 1. The van der Waals surface area contributed by atoms with E-state index in [0.29, 0.717) is 30.5 Å². The number of carbonyl (C=O) groups is 1. The van der Waals surface area contributed by atoms with E-state index in [4.69, 9.17) is 0 Å². The summed E-state index contributed by atoms with van der Waals surface area (Å²) in [7, 11) is 0. The number of piperidine rings is 1. The third-order valence-electron chi connectivity index (χ3n) is 6.10. The van der Waals surface area contributed by atoms with Gasteiger partial charge in [-0.1, -0.05) is 6.07 Å². The van der Waals surface area contributed by atoms with Gasteiger partial charge in [-0.05, 0) is 44.5 Å². The molecule has 2 aliphatic rings. The Morgan fingerprint density at radius 2 is 1.81 bits per heavy atom. The van der Waals surface area contributed by atoms with Crippen molar-refractivity contribution in [3.8, 4) is 11.4 Å². The lowest BCUT2D eigenvalue weighted by Crippen LogP contribution is -2.66. The van der Waals surface area contributed by atoms with Crippen LogP contribution in [0.1, 0.15) is 28.2 Å². The first-order chi connectivity index (χ1) is 15.0. The maximum atomic E-state index is 14.7. The van der Waals surface area contributed by atoms with Crippen LogP contribution in [0.4, 0.5) is 10.3 Å². The maximum absolute atomic E-state index is 14.7. The van der Waals surface area contributed by atoms with Crippen LogP contribution in [0, 0.1) is 25.6 Å². The Labute approximate surface area is 180 Å². The van der Waals surface area contributed by atoms with Crippen LogP contribution in [0.5, 0.6) is 0 Å². The Hall–Kier alpha value is -3.42. The zero-order chi connectivity index (χ0) is 21.5. The van der Waals surface area contributed by atoms with Gasteiger partial charge in [0.05, 0.1) is 17.2 Å². The summed E-state index contributed by atoms with van der Waals surface area (Å²) in [5, 5.41) is 0. The van der Waals surface area contributed by atoms with Crippen molar-refractivity contribution >= 4 is 11.9 Å². The molecular formula is C23H23FN6O. The van der Waals surface area contributed by atoms with Gasteiger partial charge in [-0.15, -0.1) is 0 Å². The van der Waals surface area contributed by atoms with Gasteiger partial charge in [-0.25, -0.2) is 24.3 Å². The predicted molar refractivity (Wildman–Crippen MR) is 114 cm³/mol. The lowest BCUT2D eigenvalue weighted by atomic mass is 9.81. The molecule has 0 N–H and O–H groups in total. The van der Waals surface area contributed by atoms with Gasteiger partial charge in [-0.2, -0.15) is 0 Å². The number of amides is 1. The minimum Gasteiger partial charge on any atom is -0.339 e. The zero-order valence-electron chi connectivity index (χ0n) is 17.5. The SMILES string of the molecule is Cc1cc(C)nc(N2CC[C@@H]3CN(C(=O)c4cccc(F)c4-c4ncccn4)[C@@H]3C2)n1. The molecular weight excluding hydrogens is 395 g/mol. The summed E-state index contributed by atoms with van der Waals surface area (Å²) in [6.07, 6.45) is 4.07. The second kappa shape index (κ2) is 7.68. The normalized spacial score (nSPS) is 20.2. The Kier molecular flexibility index (Phi) is 4.84. The molecule has 2 aromatic heterocycles. The van der Waals surface area contributed by atoms with Gasteiger partial charge >= 0.3 is 0 Å². The van der Waals surface area contributed by atoms with Crippen LogP contribution in [0.25, 0.3) is 11.4 Å². The number of halogens is 1. The molecule has 2 fully saturated rings. The molecule has 7 nitrogen and oxygen atoms in total. The van der Waals surface area contributed by atoms with Gasteiger partial charge in [0.2, 0.25) is 5.95 Å². The van der Waals surface area contributed by atoms with Gasteiger partial charge in [0, 0.05) is 49.3 Å². The molecule has 8 heteroatoms. The molecule has 0 spiro atoms. The minimum absolute atomic E-state index is 0.0541. The van der Waals surface area contributed by atoms with Crippen LogP contribution in [-0.2, 0) is 0 Å². The van der Waals surface area contributed by atoms with Crippen molar-refractivity contribution in [3.63, 3.8) is 0 Å². The first-order valence-corrected chi connectivity index (χ1v) is 10.5. The summed E-state index contributed by atoms with van der Waals surface area (Å²) in [6.45, 7) is 6.14. The number of hydrogen-bond donors (Lipinski definition) is 0. The number of anilines is 1. The van der Waals surface area contributed by atoms with Gasteiger partial charge < -0.3 is 9.80 Å². The molecule has 0 unspecified atom stereocenters. The van der Waals surface area contributed by atoms with E-state index >= 15 is 0 Å². The first-order valence-electron chi connectivity index (χ1n) is 10.5. The van der Waals surface area contributed by atoms with Crippen LogP contribution in [0.2, 0.25) is 0 Å². The monoisotopic (exact) mass is 418 g/mol. The number of fused-ring (bicyclic) bond motifs is 1. The number of nitrogens with zero attached hydrogens (tertiary/aromatic N) is 6. The third-order valence-corrected chi connectivity index (χ3v) is 6.10. The van der Waals surface area contributed by atoms with Crippen LogP contribution < -0.4 is 4.90 Å². The van der Waals surface area contributed by atoms with Crippen molar-refractivity contribution in [2.24, 2.45) is 5.92 Å². The van der Waals surface area contributed by atoms with Crippen LogP contribution in [-0.4, -0.2) is 56.4 Å². The van der Waals surface area contributed by atoms with E-state index in [1.165, 1.54) is 6.07 Å². The van der Waals surface area contributed by atoms with E-state index in [9.17, 15) is 9.18 Å². The zero-order valence-corrected chi connectivity index (χ0v) is 17.5. The molecule has 158 valence electrons. The van der Waals surface area contributed by atoms with Gasteiger partial charge in [0.25, 0.3) is 5.91 Å². The molecule has 0 radical (unpaired) electrons. The molecule has 1 amide bonds. The van der Waals surface area contributed by atoms with Crippen molar-refractivity contribution < 1.29 is 9.18 Å². The number of rotatable bonds is 3. The predicted octanol–water partition coefficient (Wildman–Crippen LogP) is 3.04. The van der Waals surface area contributed by atoms with Crippen LogP contribution >= 0.6 is 0 Å². The quantitative estimate of drug-likeness (QED) is 0.651. The summed E-state index contributed by atoms with van der Waals surface area (Å²) in [5.41, 5.74) is 2.31. The van der Waals surface area contributed by atoms with Crippen LogP contribution in [0.15, 0.2) is 42.7 Å². The van der Waals surface area contributed by atoms with Crippen molar-refractivity contribution in [3.05, 3.63) is 65.5 Å². The molecule has 5 rings (SSSR count). The average molecular weight is 418 g/mol. The van der Waals surface area contributed by atoms with E-state index in [1.807, 2.05) is 24.8 Å². The molecule has 0 aliphatic carbocycles. The maximum Gasteiger partial charge on any atom is 0.255 e. The Bertz CT molecular complexity index is 1120. The Balaban J connectivity index is 1.41. The number of likely N-dealkylation sites (tertiary alicyclic amines) is 1. The number of carbonyl (C=O) groups excluding carboxylic acids is 1. The molecule has 0 saturated carbocycles. The fourth-order valence-corrected chi connectivity index (χ4v) is 4.57. The van der Waals surface area contributed by atoms with Gasteiger partial charge in [0.15, 0.2) is 5.82 Å². The summed E-state index contributed by atoms with van der Waals surface area (Å²) in [5.74, 6) is 0.680. The molecule has 31 heavy (non-hydrogen) atoms. The highest BCUT2D eigenvalue weighted by Crippen LogP contribution is 2.36. The van der Waals surface area contributed by atoms with E-state index in [1.54, 1.807) is 30.6 Å². The number of aromatic nitrogens is 4. The summed E-state index contributed by atoms with van der Waals surface area (Å²) < 4.78 is 14.7. The van der Waals surface area contributed by atoms with E-state index in [-0.39, 0.29) is 23.3 Å². The largest absolute Gasteiger partial charge is 0.339 e. The molecule has 1 aromatic carbocycles.